The first-order valence-corrected chi connectivity index (χ1v) is 7.63. The van der Waals surface area contributed by atoms with Gasteiger partial charge in [-0.25, -0.2) is 0 Å². The molecule has 0 aliphatic carbocycles. The minimum Gasteiger partial charge on any atom is -0.342 e. The molecule has 0 bridgehead atoms. The number of likely N-dealkylation sites (N-methyl/N-ethyl adjacent to an activating group) is 1. The Balaban J connectivity index is 1.87. The molecule has 0 saturated carbocycles. The van der Waals surface area contributed by atoms with Crippen LogP contribution in [0.4, 0.5) is 0 Å². The van der Waals surface area contributed by atoms with E-state index < -0.39 is 0 Å². The summed E-state index contributed by atoms with van der Waals surface area (Å²) < 4.78 is 0. The standard InChI is InChI=1S/C17H26N2O/c1-4-19-11-9-16(10-12-19)18(3)17(20)13-15-7-5-14(2)6-8-15/h5-8,16H,4,9-13H2,1-3H3. The molecule has 1 amide bonds. The highest BCUT2D eigenvalue weighted by molar-refractivity contribution is 5.78. The molecular weight excluding hydrogens is 248 g/mol. The van der Waals surface area contributed by atoms with E-state index in [4.69, 9.17) is 0 Å². The molecule has 0 atom stereocenters. The Bertz CT molecular complexity index is 433. The Hall–Kier alpha value is -1.35. The predicted molar refractivity (Wildman–Crippen MR) is 82.8 cm³/mol. The third-order valence-corrected chi connectivity index (χ3v) is 4.42. The zero-order valence-electron chi connectivity index (χ0n) is 12.9. The number of rotatable bonds is 4. The minimum absolute atomic E-state index is 0.240. The molecule has 1 heterocycles. The molecule has 1 saturated heterocycles. The molecule has 3 heteroatoms. The number of carbonyl (C=O) groups excluding carboxylic acids is 1. The van der Waals surface area contributed by atoms with Crippen molar-refractivity contribution in [3.05, 3.63) is 35.4 Å². The van der Waals surface area contributed by atoms with Crippen LogP contribution in [-0.2, 0) is 11.2 Å². The first kappa shape index (κ1) is 15.0. The number of aryl methyl sites for hydroxylation is 1. The van der Waals surface area contributed by atoms with Gasteiger partial charge in [-0.2, -0.15) is 0 Å². The summed E-state index contributed by atoms with van der Waals surface area (Å²) in [6.07, 6.45) is 2.72. The summed E-state index contributed by atoms with van der Waals surface area (Å²) in [5.74, 6) is 0.240. The summed E-state index contributed by atoms with van der Waals surface area (Å²) in [4.78, 5) is 16.8. The van der Waals surface area contributed by atoms with Gasteiger partial charge in [-0.15, -0.1) is 0 Å². The third-order valence-electron chi connectivity index (χ3n) is 4.42. The lowest BCUT2D eigenvalue weighted by molar-refractivity contribution is -0.132. The van der Waals surface area contributed by atoms with Crippen LogP contribution >= 0.6 is 0 Å². The number of piperidine rings is 1. The zero-order valence-corrected chi connectivity index (χ0v) is 12.9. The largest absolute Gasteiger partial charge is 0.342 e. The minimum atomic E-state index is 0.240. The topological polar surface area (TPSA) is 23.6 Å². The van der Waals surface area contributed by atoms with E-state index >= 15 is 0 Å². The molecule has 0 aromatic heterocycles. The Kier molecular flexibility index (Phi) is 5.18. The molecule has 0 N–H and O–H groups in total. The van der Waals surface area contributed by atoms with E-state index in [0.29, 0.717) is 12.5 Å². The van der Waals surface area contributed by atoms with Crippen LogP contribution in [0.5, 0.6) is 0 Å². The van der Waals surface area contributed by atoms with Crippen LogP contribution in [0.1, 0.15) is 30.9 Å². The molecule has 0 spiro atoms. The van der Waals surface area contributed by atoms with Crippen LogP contribution in [0.15, 0.2) is 24.3 Å². The number of benzene rings is 1. The average Bonchev–Trinajstić information content (AvgIpc) is 2.49. The average molecular weight is 274 g/mol. The maximum absolute atomic E-state index is 12.4. The van der Waals surface area contributed by atoms with Gasteiger partial charge in [0.15, 0.2) is 0 Å². The Morgan fingerprint density at radius 2 is 1.85 bits per heavy atom. The van der Waals surface area contributed by atoms with Crippen LogP contribution in [0.25, 0.3) is 0 Å². The quantitative estimate of drug-likeness (QED) is 0.842. The fourth-order valence-electron chi connectivity index (χ4n) is 2.83. The van der Waals surface area contributed by atoms with E-state index in [-0.39, 0.29) is 5.91 Å². The van der Waals surface area contributed by atoms with Gasteiger partial charge >= 0.3 is 0 Å². The van der Waals surface area contributed by atoms with Crippen molar-refractivity contribution in [1.29, 1.82) is 0 Å². The van der Waals surface area contributed by atoms with Gasteiger partial charge in [-0.05, 0) is 31.9 Å². The van der Waals surface area contributed by atoms with Gasteiger partial charge in [0.1, 0.15) is 0 Å². The Morgan fingerprint density at radius 3 is 2.40 bits per heavy atom. The molecule has 1 aliphatic heterocycles. The third kappa shape index (κ3) is 3.83. The number of hydrogen-bond acceptors (Lipinski definition) is 2. The smallest absolute Gasteiger partial charge is 0.226 e. The molecule has 3 nitrogen and oxygen atoms in total. The highest BCUT2D eigenvalue weighted by Crippen LogP contribution is 2.16. The fourth-order valence-corrected chi connectivity index (χ4v) is 2.83. The molecule has 1 aliphatic rings. The number of carbonyl (C=O) groups is 1. The van der Waals surface area contributed by atoms with Crippen molar-refractivity contribution in [1.82, 2.24) is 9.80 Å². The van der Waals surface area contributed by atoms with Gasteiger partial charge in [-0.1, -0.05) is 36.8 Å². The van der Waals surface area contributed by atoms with Gasteiger partial charge < -0.3 is 9.80 Å². The molecule has 1 fully saturated rings. The lowest BCUT2D eigenvalue weighted by atomic mass is 10.0. The lowest BCUT2D eigenvalue weighted by Crippen LogP contribution is -2.45. The van der Waals surface area contributed by atoms with Gasteiger partial charge in [0, 0.05) is 26.2 Å². The van der Waals surface area contributed by atoms with Crippen LogP contribution < -0.4 is 0 Å². The second-order valence-corrected chi connectivity index (χ2v) is 5.83. The molecule has 1 aromatic carbocycles. The molecule has 20 heavy (non-hydrogen) atoms. The SMILES string of the molecule is CCN1CCC(N(C)C(=O)Cc2ccc(C)cc2)CC1. The molecule has 0 unspecified atom stereocenters. The van der Waals surface area contributed by atoms with E-state index in [1.54, 1.807) is 0 Å². The second kappa shape index (κ2) is 6.89. The number of likely N-dealkylation sites (tertiary alicyclic amines) is 1. The summed E-state index contributed by atoms with van der Waals surface area (Å²) in [7, 11) is 1.96. The number of hydrogen-bond donors (Lipinski definition) is 0. The predicted octanol–water partition coefficient (Wildman–Crippen LogP) is 2.48. The summed E-state index contributed by atoms with van der Waals surface area (Å²) in [6, 6.07) is 8.67. The number of nitrogens with zero attached hydrogens (tertiary/aromatic N) is 2. The normalized spacial score (nSPS) is 17.1. The molecule has 1 aromatic rings. The monoisotopic (exact) mass is 274 g/mol. The highest BCUT2D eigenvalue weighted by atomic mass is 16.2. The molecule has 0 radical (unpaired) electrons. The van der Waals surface area contributed by atoms with Crippen LogP contribution in [0.3, 0.4) is 0 Å². The summed E-state index contributed by atoms with van der Waals surface area (Å²) in [6.45, 7) is 7.62. The van der Waals surface area contributed by atoms with Crippen LogP contribution in [0, 0.1) is 6.92 Å². The van der Waals surface area contributed by atoms with Crippen molar-refractivity contribution in [3.8, 4) is 0 Å². The van der Waals surface area contributed by atoms with Crippen molar-refractivity contribution < 1.29 is 4.79 Å². The van der Waals surface area contributed by atoms with E-state index in [1.165, 1.54) is 5.56 Å². The van der Waals surface area contributed by atoms with E-state index in [1.807, 2.05) is 11.9 Å². The highest BCUT2D eigenvalue weighted by Gasteiger charge is 2.24. The van der Waals surface area contributed by atoms with E-state index in [0.717, 1.165) is 38.0 Å². The van der Waals surface area contributed by atoms with Gasteiger partial charge in [0.05, 0.1) is 6.42 Å². The maximum Gasteiger partial charge on any atom is 0.226 e. The van der Waals surface area contributed by atoms with Crippen molar-refractivity contribution >= 4 is 5.91 Å². The lowest BCUT2D eigenvalue weighted by Gasteiger charge is -2.36. The van der Waals surface area contributed by atoms with Crippen molar-refractivity contribution in [2.45, 2.75) is 39.2 Å². The van der Waals surface area contributed by atoms with Gasteiger partial charge in [-0.3, -0.25) is 4.79 Å². The van der Waals surface area contributed by atoms with Crippen molar-refractivity contribution in [2.24, 2.45) is 0 Å². The Labute approximate surface area is 122 Å². The van der Waals surface area contributed by atoms with Gasteiger partial charge in [0.2, 0.25) is 5.91 Å². The fraction of sp³-hybridized carbons (Fsp3) is 0.588. The molecule has 2 rings (SSSR count). The first-order valence-electron chi connectivity index (χ1n) is 7.63. The van der Waals surface area contributed by atoms with Gasteiger partial charge in [0.25, 0.3) is 0 Å². The molecular formula is C17H26N2O. The first-order chi connectivity index (χ1) is 9.60. The van der Waals surface area contributed by atoms with Crippen LogP contribution in [0.2, 0.25) is 0 Å². The Morgan fingerprint density at radius 1 is 1.25 bits per heavy atom. The summed E-state index contributed by atoms with van der Waals surface area (Å²) in [5.41, 5.74) is 2.35. The maximum atomic E-state index is 12.4. The van der Waals surface area contributed by atoms with Crippen LogP contribution in [-0.4, -0.2) is 48.4 Å². The van der Waals surface area contributed by atoms with Crippen molar-refractivity contribution in [2.75, 3.05) is 26.7 Å². The zero-order chi connectivity index (χ0) is 14.5. The second-order valence-electron chi connectivity index (χ2n) is 5.83. The summed E-state index contributed by atoms with van der Waals surface area (Å²) in [5, 5.41) is 0. The van der Waals surface area contributed by atoms with E-state index in [9.17, 15) is 4.79 Å². The van der Waals surface area contributed by atoms with E-state index in [2.05, 4.69) is 43.0 Å². The number of amides is 1. The van der Waals surface area contributed by atoms with Crippen molar-refractivity contribution in [3.63, 3.8) is 0 Å². The summed E-state index contributed by atoms with van der Waals surface area (Å²) >= 11 is 0. The molecule has 110 valence electrons.